The minimum absolute atomic E-state index is 0.168. The van der Waals surface area contributed by atoms with Crippen molar-refractivity contribution in [2.45, 2.75) is 38.8 Å². The van der Waals surface area contributed by atoms with Gasteiger partial charge in [-0.3, -0.25) is 9.88 Å². The molecule has 0 bridgehead atoms. The first-order valence-electron chi connectivity index (χ1n) is 6.77. The highest BCUT2D eigenvalue weighted by Gasteiger charge is 2.26. The highest BCUT2D eigenvalue weighted by Crippen LogP contribution is 2.27. The minimum atomic E-state index is 0.168. The molecule has 0 amide bonds. The van der Waals surface area contributed by atoms with Crippen LogP contribution >= 0.6 is 0 Å². The summed E-state index contributed by atoms with van der Waals surface area (Å²) in [4.78, 5) is 6.70. The van der Waals surface area contributed by atoms with Crippen molar-refractivity contribution < 1.29 is 0 Å². The lowest BCUT2D eigenvalue weighted by molar-refractivity contribution is 0.182. The van der Waals surface area contributed by atoms with Crippen LogP contribution in [-0.4, -0.2) is 29.0 Å². The molecule has 0 aliphatic carbocycles. The summed E-state index contributed by atoms with van der Waals surface area (Å²) in [6.07, 6.45) is 8.21. The standard InChI is InChI=1S/C15H23N3/c1-3-14(16)15(13-5-4-8-17-11-13)18-9-6-12(2)7-10-18/h4-6,8,11,14-15H,3,7,9-10,16H2,1-2H3. The Hall–Kier alpha value is -1.19. The Morgan fingerprint density at radius 2 is 2.33 bits per heavy atom. The Morgan fingerprint density at radius 1 is 1.50 bits per heavy atom. The molecule has 1 aliphatic heterocycles. The number of nitrogens with two attached hydrogens (primary N) is 1. The molecule has 2 heterocycles. The first kappa shape index (κ1) is 13.2. The third kappa shape index (κ3) is 2.98. The van der Waals surface area contributed by atoms with Crippen molar-refractivity contribution in [2.75, 3.05) is 13.1 Å². The number of hydrogen-bond donors (Lipinski definition) is 1. The number of aromatic nitrogens is 1. The molecule has 3 nitrogen and oxygen atoms in total. The third-order valence-corrected chi connectivity index (χ3v) is 3.76. The molecular weight excluding hydrogens is 222 g/mol. The van der Waals surface area contributed by atoms with Crippen LogP contribution in [0.25, 0.3) is 0 Å². The number of hydrogen-bond acceptors (Lipinski definition) is 3. The van der Waals surface area contributed by atoms with Gasteiger partial charge < -0.3 is 5.73 Å². The summed E-state index contributed by atoms with van der Waals surface area (Å²) in [5.41, 5.74) is 9.05. The van der Waals surface area contributed by atoms with Crippen molar-refractivity contribution in [2.24, 2.45) is 5.73 Å². The molecule has 0 saturated carbocycles. The van der Waals surface area contributed by atoms with E-state index in [2.05, 4.69) is 35.9 Å². The van der Waals surface area contributed by atoms with Gasteiger partial charge in [0.1, 0.15) is 0 Å². The fourth-order valence-corrected chi connectivity index (χ4v) is 2.54. The van der Waals surface area contributed by atoms with Crippen LogP contribution in [0.1, 0.15) is 38.3 Å². The molecule has 1 aliphatic rings. The summed E-state index contributed by atoms with van der Waals surface area (Å²) in [5.74, 6) is 0. The zero-order valence-electron chi connectivity index (χ0n) is 11.3. The minimum Gasteiger partial charge on any atom is -0.326 e. The average molecular weight is 245 g/mol. The van der Waals surface area contributed by atoms with E-state index in [1.54, 1.807) is 0 Å². The topological polar surface area (TPSA) is 42.1 Å². The normalized spacial score (nSPS) is 20.3. The average Bonchev–Trinajstić information content (AvgIpc) is 2.42. The highest BCUT2D eigenvalue weighted by molar-refractivity contribution is 5.18. The van der Waals surface area contributed by atoms with Crippen molar-refractivity contribution in [3.05, 3.63) is 41.7 Å². The number of nitrogens with zero attached hydrogens (tertiary/aromatic N) is 2. The van der Waals surface area contributed by atoms with E-state index in [1.165, 1.54) is 11.1 Å². The van der Waals surface area contributed by atoms with Crippen LogP contribution in [0.15, 0.2) is 36.2 Å². The molecule has 1 aromatic rings. The second-order valence-electron chi connectivity index (χ2n) is 5.10. The van der Waals surface area contributed by atoms with E-state index in [9.17, 15) is 0 Å². The first-order chi connectivity index (χ1) is 8.72. The van der Waals surface area contributed by atoms with Gasteiger partial charge in [-0.05, 0) is 31.4 Å². The lowest BCUT2D eigenvalue weighted by Crippen LogP contribution is -2.42. The molecule has 0 radical (unpaired) electrons. The molecule has 1 aromatic heterocycles. The summed E-state index contributed by atoms with van der Waals surface area (Å²) in [6.45, 7) is 6.45. The maximum atomic E-state index is 6.32. The van der Waals surface area contributed by atoms with Gasteiger partial charge in [-0.2, -0.15) is 0 Å². The Bertz CT molecular complexity index is 399. The molecule has 18 heavy (non-hydrogen) atoms. The Morgan fingerprint density at radius 3 is 2.89 bits per heavy atom. The third-order valence-electron chi connectivity index (χ3n) is 3.76. The van der Waals surface area contributed by atoms with E-state index in [-0.39, 0.29) is 12.1 Å². The van der Waals surface area contributed by atoms with Gasteiger partial charge in [0.15, 0.2) is 0 Å². The van der Waals surface area contributed by atoms with Crippen LogP contribution in [0.4, 0.5) is 0 Å². The fourth-order valence-electron chi connectivity index (χ4n) is 2.54. The van der Waals surface area contributed by atoms with Gasteiger partial charge in [0, 0.05) is 31.5 Å². The van der Waals surface area contributed by atoms with E-state index >= 15 is 0 Å². The van der Waals surface area contributed by atoms with Gasteiger partial charge in [-0.1, -0.05) is 24.6 Å². The van der Waals surface area contributed by atoms with Crippen molar-refractivity contribution in [3.8, 4) is 0 Å². The molecule has 2 N–H and O–H groups in total. The molecule has 3 heteroatoms. The predicted molar refractivity (Wildman–Crippen MR) is 75.2 cm³/mol. The number of rotatable bonds is 4. The van der Waals surface area contributed by atoms with Gasteiger partial charge in [-0.25, -0.2) is 0 Å². The quantitative estimate of drug-likeness (QED) is 0.829. The van der Waals surface area contributed by atoms with Gasteiger partial charge in [-0.15, -0.1) is 0 Å². The Kier molecular flexibility index (Phi) is 4.50. The maximum absolute atomic E-state index is 6.32. The second-order valence-corrected chi connectivity index (χ2v) is 5.10. The summed E-state index contributed by atoms with van der Waals surface area (Å²) in [5, 5.41) is 0. The Balaban J connectivity index is 2.21. The molecule has 0 saturated heterocycles. The van der Waals surface area contributed by atoms with Crippen LogP contribution < -0.4 is 5.73 Å². The predicted octanol–water partition coefficient (Wildman–Crippen LogP) is 2.51. The smallest absolute Gasteiger partial charge is 0.0517 e. The first-order valence-corrected chi connectivity index (χ1v) is 6.77. The highest BCUT2D eigenvalue weighted by atomic mass is 15.2. The monoisotopic (exact) mass is 245 g/mol. The molecule has 0 fully saturated rings. The lowest BCUT2D eigenvalue weighted by atomic mass is 9.95. The van der Waals surface area contributed by atoms with Gasteiger partial charge in [0.25, 0.3) is 0 Å². The molecule has 0 aromatic carbocycles. The second kappa shape index (κ2) is 6.12. The molecule has 0 spiro atoms. The maximum Gasteiger partial charge on any atom is 0.0517 e. The van der Waals surface area contributed by atoms with E-state index in [4.69, 9.17) is 5.73 Å². The van der Waals surface area contributed by atoms with Crippen molar-refractivity contribution in [1.82, 2.24) is 9.88 Å². The number of pyridine rings is 1. The zero-order chi connectivity index (χ0) is 13.0. The van der Waals surface area contributed by atoms with Crippen molar-refractivity contribution in [1.29, 1.82) is 0 Å². The summed E-state index contributed by atoms with van der Waals surface area (Å²) in [7, 11) is 0. The van der Waals surface area contributed by atoms with Gasteiger partial charge in [0.05, 0.1) is 6.04 Å². The van der Waals surface area contributed by atoms with E-state index < -0.39 is 0 Å². The molecule has 2 rings (SSSR count). The van der Waals surface area contributed by atoms with E-state index in [0.717, 1.165) is 25.9 Å². The van der Waals surface area contributed by atoms with Crippen LogP contribution in [0.5, 0.6) is 0 Å². The fraction of sp³-hybridized carbons (Fsp3) is 0.533. The molecule has 2 atom stereocenters. The molecule has 2 unspecified atom stereocenters. The van der Waals surface area contributed by atoms with Crippen molar-refractivity contribution >= 4 is 0 Å². The van der Waals surface area contributed by atoms with E-state index in [1.807, 2.05) is 18.5 Å². The van der Waals surface area contributed by atoms with Gasteiger partial charge in [0.2, 0.25) is 0 Å². The lowest BCUT2D eigenvalue weighted by Gasteiger charge is -2.37. The zero-order valence-corrected chi connectivity index (χ0v) is 11.3. The van der Waals surface area contributed by atoms with Crippen LogP contribution in [0.2, 0.25) is 0 Å². The summed E-state index contributed by atoms with van der Waals surface area (Å²) in [6, 6.07) is 4.59. The Labute approximate surface area is 110 Å². The summed E-state index contributed by atoms with van der Waals surface area (Å²) >= 11 is 0. The SMILES string of the molecule is CCC(N)C(c1cccnc1)N1CC=C(C)CC1. The molecule has 98 valence electrons. The summed E-state index contributed by atoms with van der Waals surface area (Å²) < 4.78 is 0. The molecular formula is C15H23N3. The van der Waals surface area contributed by atoms with Crippen LogP contribution in [-0.2, 0) is 0 Å². The van der Waals surface area contributed by atoms with E-state index in [0.29, 0.717) is 0 Å². The van der Waals surface area contributed by atoms with Gasteiger partial charge >= 0.3 is 0 Å². The van der Waals surface area contributed by atoms with Crippen molar-refractivity contribution in [3.63, 3.8) is 0 Å². The largest absolute Gasteiger partial charge is 0.326 e. The van der Waals surface area contributed by atoms with Crippen LogP contribution in [0.3, 0.4) is 0 Å². The van der Waals surface area contributed by atoms with Crippen LogP contribution in [0, 0.1) is 0 Å².